The largest absolute Gasteiger partial charge is 0.490 e. The minimum atomic E-state index is -0.635. The monoisotopic (exact) mass is 456 g/mol. The molecular formula is C25H29ClN2O4. The highest BCUT2D eigenvalue weighted by Crippen LogP contribution is 2.41. The van der Waals surface area contributed by atoms with Crippen molar-refractivity contribution in [3.8, 4) is 11.5 Å². The third-order valence-corrected chi connectivity index (χ3v) is 6.81. The summed E-state index contributed by atoms with van der Waals surface area (Å²) in [5.74, 6) is 1.34. The molecule has 170 valence electrons. The second kappa shape index (κ2) is 8.93. The van der Waals surface area contributed by atoms with Gasteiger partial charge in [0.05, 0.1) is 5.56 Å². The Kier molecular flexibility index (Phi) is 6.01. The summed E-state index contributed by atoms with van der Waals surface area (Å²) in [6, 6.07) is 13.3. The van der Waals surface area contributed by atoms with Gasteiger partial charge in [-0.25, -0.2) is 0 Å². The molecule has 2 fully saturated rings. The van der Waals surface area contributed by atoms with Crippen molar-refractivity contribution in [1.82, 2.24) is 10.2 Å². The lowest BCUT2D eigenvalue weighted by atomic mass is 9.87. The zero-order chi connectivity index (χ0) is 22.1. The number of piperidine rings is 1. The van der Waals surface area contributed by atoms with Crippen LogP contribution < -0.4 is 14.8 Å². The first-order chi connectivity index (χ1) is 15.5. The number of benzene rings is 2. The van der Waals surface area contributed by atoms with Crippen LogP contribution in [0.1, 0.15) is 41.6 Å². The molecule has 5 rings (SSSR count). The van der Waals surface area contributed by atoms with E-state index in [4.69, 9.17) is 21.1 Å². The molecule has 2 aliphatic heterocycles. The number of carbonyl (C=O) groups excluding carboxylic acids is 1. The number of carbonyl (C=O) groups is 1. The molecule has 2 aromatic rings. The molecule has 3 aliphatic rings. The lowest BCUT2D eigenvalue weighted by Gasteiger charge is -2.39. The first kappa shape index (κ1) is 21.6. The average Bonchev–Trinajstić information content (AvgIpc) is 3.53. The van der Waals surface area contributed by atoms with Crippen LogP contribution in [-0.4, -0.2) is 59.9 Å². The van der Waals surface area contributed by atoms with Crippen molar-refractivity contribution in [3.63, 3.8) is 0 Å². The molecule has 1 aliphatic carbocycles. The number of aliphatic hydroxyl groups excluding tert-OH is 1. The van der Waals surface area contributed by atoms with Crippen molar-refractivity contribution in [2.75, 3.05) is 26.2 Å². The second-order valence-corrected chi connectivity index (χ2v) is 9.66. The molecule has 0 bridgehead atoms. The van der Waals surface area contributed by atoms with E-state index in [1.807, 2.05) is 30.3 Å². The Morgan fingerprint density at radius 3 is 2.81 bits per heavy atom. The Bertz CT molecular complexity index is 986. The zero-order valence-corrected chi connectivity index (χ0v) is 18.8. The molecule has 32 heavy (non-hydrogen) atoms. The van der Waals surface area contributed by atoms with Crippen LogP contribution in [0.2, 0.25) is 5.02 Å². The smallest absolute Gasteiger partial charge is 0.255 e. The van der Waals surface area contributed by atoms with Gasteiger partial charge >= 0.3 is 0 Å². The summed E-state index contributed by atoms with van der Waals surface area (Å²) in [7, 11) is 0. The normalized spacial score (nSPS) is 20.4. The number of ether oxygens (including phenoxy) is 2. The Balaban J connectivity index is 1.10. The summed E-state index contributed by atoms with van der Waals surface area (Å²) in [6.45, 7) is 2.40. The fraction of sp³-hybridized carbons (Fsp3) is 0.480. The molecule has 0 aromatic heterocycles. The predicted molar refractivity (Wildman–Crippen MR) is 123 cm³/mol. The van der Waals surface area contributed by atoms with Gasteiger partial charge in [0.15, 0.2) is 0 Å². The molecule has 0 radical (unpaired) electrons. The number of β-amino-alcohol motifs (C(OH)–C–C–N with tert-alkyl or cyclic N) is 1. The van der Waals surface area contributed by atoms with Crippen molar-refractivity contribution in [3.05, 3.63) is 58.6 Å². The van der Waals surface area contributed by atoms with Crippen LogP contribution in [0, 0.1) is 0 Å². The maximum absolute atomic E-state index is 12.4. The number of fused-ring (bicyclic) bond motifs is 1. The molecule has 1 atom stereocenters. The van der Waals surface area contributed by atoms with Gasteiger partial charge in [0, 0.05) is 50.0 Å². The maximum atomic E-state index is 12.4. The van der Waals surface area contributed by atoms with Crippen LogP contribution in [0.5, 0.6) is 11.5 Å². The van der Waals surface area contributed by atoms with Crippen LogP contribution in [0.4, 0.5) is 0 Å². The lowest BCUT2D eigenvalue weighted by Crippen LogP contribution is -2.49. The van der Waals surface area contributed by atoms with Gasteiger partial charge in [-0.3, -0.25) is 4.79 Å². The van der Waals surface area contributed by atoms with E-state index in [1.54, 1.807) is 12.1 Å². The zero-order valence-electron chi connectivity index (χ0n) is 18.1. The standard InChI is InChI=1S/C25H29ClN2O4/c26-18-5-8-22-17(13-18)14-25(32-22)9-11-28(12-10-25)15-20(29)16-31-23-4-2-1-3-21(23)24(30)27-19-6-7-19/h1-5,8,13,19-20,29H,6-7,9-12,14-16H2,(H,27,30)/t20-/m1/s1. The average molecular weight is 457 g/mol. The molecule has 1 saturated carbocycles. The molecule has 1 spiro atoms. The van der Waals surface area contributed by atoms with Crippen molar-refractivity contribution in [2.45, 2.75) is 49.9 Å². The van der Waals surface area contributed by atoms with E-state index in [-0.39, 0.29) is 24.2 Å². The molecule has 1 saturated heterocycles. The van der Waals surface area contributed by atoms with Crippen LogP contribution in [0.3, 0.4) is 0 Å². The molecule has 2 heterocycles. The minimum Gasteiger partial charge on any atom is -0.490 e. The van der Waals surface area contributed by atoms with Crippen LogP contribution in [0.15, 0.2) is 42.5 Å². The molecule has 2 aromatic carbocycles. The number of rotatable bonds is 7. The Morgan fingerprint density at radius 2 is 2.03 bits per heavy atom. The third kappa shape index (κ3) is 4.87. The number of aliphatic hydroxyl groups is 1. The highest BCUT2D eigenvalue weighted by Gasteiger charge is 2.42. The Labute approximate surface area is 193 Å². The number of para-hydroxylation sites is 1. The van der Waals surface area contributed by atoms with Crippen molar-refractivity contribution < 1.29 is 19.4 Å². The van der Waals surface area contributed by atoms with Crippen LogP contribution in [-0.2, 0) is 6.42 Å². The number of nitrogens with zero attached hydrogens (tertiary/aromatic N) is 1. The maximum Gasteiger partial charge on any atom is 0.255 e. The minimum absolute atomic E-state index is 0.113. The van der Waals surface area contributed by atoms with Crippen molar-refractivity contribution in [2.24, 2.45) is 0 Å². The Morgan fingerprint density at radius 1 is 1.25 bits per heavy atom. The third-order valence-electron chi connectivity index (χ3n) is 6.57. The quantitative estimate of drug-likeness (QED) is 0.667. The van der Waals surface area contributed by atoms with Crippen LogP contribution in [0.25, 0.3) is 0 Å². The molecule has 1 amide bonds. The summed E-state index contributed by atoms with van der Waals surface area (Å²) in [5.41, 5.74) is 1.55. The first-order valence-corrected chi connectivity index (χ1v) is 11.8. The van der Waals surface area contributed by atoms with Gasteiger partial charge in [0.25, 0.3) is 5.91 Å². The SMILES string of the molecule is O=C(NC1CC1)c1ccccc1OC[C@H](O)CN1CCC2(CC1)Cc1cc(Cl)ccc1O2. The van der Waals surface area contributed by atoms with Gasteiger partial charge in [-0.05, 0) is 48.7 Å². The predicted octanol–water partition coefficient (Wildman–Crippen LogP) is 3.44. The number of amides is 1. The molecule has 0 unspecified atom stereocenters. The van der Waals surface area contributed by atoms with E-state index in [0.29, 0.717) is 17.9 Å². The number of likely N-dealkylation sites (tertiary alicyclic amines) is 1. The van der Waals surface area contributed by atoms with E-state index in [1.165, 1.54) is 5.56 Å². The number of hydrogen-bond acceptors (Lipinski definition) is 5. The summed E-state index contributed by atoms with van der Waals surface area (Å²) < 4.78 is 12.1. The Hall–Kier alpha value is -2.28. The van der Waals surface area contributed by atoms with E-state index in [9.17, 15) is 9.90 Å². The summed E-state index contributed by atoms with van der Waals surface area (Å²) in [6.07, 6.45) is 4.16. The van der Waals surface area contributed by atoms with E-state index in [2.05, 4.69) is 10.2 Å². The highest BCUT2D eigenvalue weighted by atomic mass is 35.5. The molecular weight excluding hydrogens is 428 g/mol. The number of hydrogen-bond donors (Lipinski definition) is 2. The van der Waals surface area contributed by atoms with E-state index in [0.717, 1.165) is 56.0 Å². The number of halogens is 1. The number of nitrogens with one attached hydrogen (secondary N) is 1. The van der Waals surface area contributed by atoms with Gasteiger partial charge in [0.1, 0.15) is 29.8 Å². The summed E-state index contributed by atoms with van der Waals surface area (Å²) >= 11 is 6.13. The highest BCUT2D eigenvalue weighted by molar-refractivity contribution is 6.30. The van der Waals surface area contributed by atoms with Gasteiger partial charge in [0.2, 0.25) is 0 Å². The van der Waals surface area contributed by atoms with Gasteiger partial charge in [-0.15, -0.1) is 0 Å². The summed E-state index contributed by atoms with van der Waals surface area (Å²) in [5, 5.41) is 14.3. The fourth-order valence-electron chi connectivity index (χ4n) is 4.63. The van der Waals surface area contributed by atoms with Gasteiger partial charge in [-0.1, -0.05) is 23.7 Å². The summed E-state index contributed by atoms with van der Waals surface area (Å²) in [4.78, 5) is 14.7. The fourth-order valence-corrected chi connectivity index (χ4v) is 4.83. The lowest BCUT2D eigenvalue weighted by molar-refractivity contribution is -0.00199. The van der Waals surface area contributed by atoms with Crippen molar-refractivity contribution in [1.29, 1.82) is 0 Å². The van der Waals surface area contributed by atoms with E-state index >= 15 is 0 Å². The van der Waals surface area contributed by atoms with Crippen LogP contribution >= 0.6 is 11.6 Å². The van der Waals surface area contributed by atoms with Gasteiger partial charge < -0.3 is 24.8 Å². The molecule has 7 heteroatoms. The first-order valence-electron chi connectivity index (χ1n) is 11.4. The van der Waals surface area contributed by atoms with E-state index < -0.39 is 6.10 Å². The van der Waals surface area contributed by atoms with Gasteiger partial charge in [-0.2, -0.15) is 0 Å². The topological polar surface area (TPSA) is 71.0 Å². The van der Waals surface area contributed by atoms with Crippen molar-refractivity contribution >= 4 is 17.5 Å². The second-order valence-electron chi connectivity index (χ2n) is 9.22. The molecule has 6 nitrogen and oxygen atoms in total. The molecule has 2 N–H and O–H groups in total.